The molecule has 1 aliphatic rings. The van der Waals surface area contributed by atoms with Crippen LogP contribution in [-0.2, 0) is 16.1 Å². The van der Waals surface area contributed by atoms with E-state index in [9.17, 15) is 9.59 Å². The van der Waals surface area contributed by atoms with E-state index < -0.39 is 6.04 Å². The fraction of sp³-hybridized carbons (Fsp3) is 0.440. The van der Waals surface area contributed by atoms with E-state index in [0.717, 1.165) is 41.3 Å². The highest BCUT2D eigenvalue weighted by Crippen LogP contribution is 2.19. The van der Waals surface area contributed by atoms with Crippen LogP contribution in [0.2, 0.25) is 0 Å². The first-order chi connectivity index (χ1) is 14.9. The van der Waals surface area contributed by atoms with Gasteiger partial charge in [0.25, 0.3) is 5.91 Å². The molecule has 1 atom stereocenters. The van der Waals surface area contributed by atoms with Crippen LogP contribution in [0.15, 0.2) is 53.0 Å². The first kappa shape index (κ1) is 23.3. The van der Waals surface area contributed by atoms with Crippen molar-refractivity contribution in [3.05, 3.63) is 64.1 Å². The van der Waals surface area contributed by atoms with E-state index in [1.54, 1.807) is 11.8 Å². The summed E-state index contributed by atoms with van der Waals surface area (Å²) < 4.78 is 6.71. The molecule has 5 nitrogen and oxygen atoms in total. The average Bonchev–Trinajstić information content (AvgIpc) is 2.77. The summed E-state index contributed by atoms with van der Waals surface area (Å²) in [5.41, 5.74) is 2.03. The summed E-state index contributed by atoms with van der Waals surface area (Å²) in [6.07, 6.45) is 5.54. The van der Waals surface area contributed by atoms with Gasteiger partial charge in [0, 0.05) is 17.1 Å². The highest BCUT2D eigenvalue weighted by atomic mass is 79.9. The van der Waals surface area contributed by atoms with Gasteiger partial charge in [0.05, 0.1) is 0 Å². The Balaban J connectivity index is 1.70. The van der Waals surface area contributed by atoms with Crippen LogP contribution in [0.1, 0.15) is 50.2 Å². The Kier molecular flexibility index (Phi) is 8.52. The fourth-order valence-corrected chi connectivity index (χ4v) is 4.14. The van der Waals surface area contributed by atoms with Crippen molar-refractivity contribution < 1.29 is 14.3 Å². The van der Waals surface area contributed by atoms with Crippen molar-refractivity contribution >= 4 is 27.7 Å². The molecule has 1 fully saturated rings. The molecule has 2 aromatic rings. The van der Waals surface area contributed by atoms with Gasteiger partial charge in [-0.2, -0.15) is 0 Å². The molecule has 1 N–H and O–H groups in total. The third-order valence-electron chi connectivity index (χ3n) is 5.74. The molecule has 0 heterocycles. The SMILES string of the molecule is Cc1cccc(OCC(=O)N(Cc2ccc(Br)cc2)[C@H](C)C(=O)NC2CCCCC2)c1. The van der Waals surface area contributed by atoms with Gasteiger partial charge in [-0.3, -0.25) is 9.59 Å². The van der Waals surface area contributed by atoms with Crippen LogP contribution in [0.5, 0.6) is 5.75 Å². The number of nitrogens with one attached hydrogen (secondary N) is 1. The second-order valence-electron chi connectivity index (χ2n) is 8.27. The molecule has 0 spiro atoms. The minimum Gasteiger partial charge on any atom is -0.484 e. The molecule has 0 unspecified atom stereocenters. The largest absolute Gasteiger partial charge is 0.484 e. The third-order valence-corrected chi connectivity index (χ3v) is 6.27. The summed E-state index contributed by atoms with van der Waals surface area (Å²) in [5.74, 6) is 0.333. The van der Waals surface area contributed by atoms with E-state index in [-0.39, 0.29) is 24.5 Å². The molecule has 0 radical (unpaired) electrons. The van der Waals surface area contributed by atoms with Gasteiger partial charge >= 0.3 is 0 Å². The zero-order valence-electron chi connectivity index (χ0n) is 18.3. The summed E-state index contributed by atoms with van der Waals surface area (Å²) in [4.78, 5) is 27.7. The molecule has 2 amide bonds. The third kappa shape index (κ3) is 7.10. The maximum absolute atomic E-state index is 13.1. The van der Waals surface area contributed by atoms with Crippen LogP contribution < -0.4 is 10.1 Å². The molecule has 3 rings (SSSR count). The zero-order valence-corrected chi connectivity index (χ0v) is 19.9. The summed E-state index contributed by atoms with van der Waals surface area (Å²) in [6.45, 7) is 4.01. The zero-order chi connectivity index (χ0) is 22.2. The average molecular weight is 487 g/mol. The van der Waals surface area contributed by atoms with Crippen molar-refractivity contribution in [3.63, 3.8) is 0 Å². The second kappa shape index (κ2) is 11.3. The maximum Gasteiger partial charge on any atom is 0.261 e. The monoisotopic (exact) mass is 486 g/mol. The maximum atomic E-state index is 13.1. The predicted molar refractivity (Wildman–Crippen MR) is 126 cm³/mol. The Bertz CT molecular complexity index is 879. The van der Waals surface area contributed by atoms with Crippen LogP contribution in [0.25, 0.3) is 0 Å². The number of ether oxygens (including phenoxy) is 1. The van der Waals surface area contributed by atoms with Gasteiger partial charge in [0.1, 0.15) is 11.8 Å². The van der Waals surface area contributed by atoms with Gasteiger partial charge in [-0.05, 0) is 62.1 Å². The van der Waals surface area contributed by atoms with Crippen LogP contribution >= 0.6 is 15.9 Å². The van der Waals surface area contributed by atoms with E-state index in [4.69, 9.17) is 4.74 Å². The fourth-order valence-electron chi connectivity index (χ4n) is 3.87. The lowest BCUT2D eigenvalue weighted by Crippen LogP contribution is -2.51. The Labute approximate surface area is 193 Å². The van der Waals surface area contributed by atoms with Crippen molar-refractivity contribution in [2.45, 2.75) is 64.6 Å². The van der Waals surface area contributed by atoms with Crippen molar-refractivity contribution in [2.75, 3.05) is 6.61 Å². The van der Waals surface area contributed by atoms with Crippen LogP contribution in [0, 0.1) is 6.92 Å². The number of carbonyl (C=O) groups is 2. The number of amides is 2. The summed E-state index contributed by atoms with van der Waals surface area (Å²) in [7, 11) is 0. The highest BCUT2D eigenvalue weighted by Gasteiger charge is 2.28. The quantitative estimate of drug-likeness (QED) is 0.570. The van der Waals surface area contributed by atoms with Gasteiger partial charge in [-0.15, -0.1) is 0 Å². The summed E-state index contributed by atoms with van der Waals surface area (Å²) in [5, 5.41) is 3.15. The number of halogens is 1. The molecule has 0 bridgehead atoms. The van der Waals surface area contributed by atoms with Gasteiger partial charge in [0.15, 0.2) is 6.61 Å². The number of hydrogen-bond donors (Lipinski definition) is 1. The Morgan fingerprint density at radius 1 is 1.13 bits per heavy atom. The minimum atomic E-state index is -0.584. The van der Waals surface area contributed by atoms with Crippen molar-refractivity contribution in [1.29, 1.82) is 0 Å². The first-order valence-electron chi connectivity index (χ1n) is 11.0. The second-order valence-corrected chi connectivity index (χ2v) is 9.19. The van der Waals surface area contributed by atoms with E-state index >= 15 is 0 Å². The number of nitrogens with zero attached hydrogens (tertiary/aromatic N) is 1. The van der Waals surface area contributed by atoms with Crippen LogP contribution in [-0.4, -0.2) is 35.4 Å². The van der Waals surface area contributed by atoms with E-state index in [1.165, 1.54) is 6.42 Å². The summed E-state index contributed by atoms with van der Waals surface area (Å²) in [6, 6.07) is 15.0. The van der Waals surface area contributed by atoms with Crippen molar-refractivity contribution in [3.8, 4) is 5.75 Å². The van der Waals surface area contributed by atoms with Crippen LogP contribution in [0.4, 0.5) is 0 Å². The van der Waals surface area contributed by atoms with Crippen molar-refractivity contribution in [2.24, 2.45) is 0 Å². The lowest BCUT2D eigenvalue weighted by atomic mass is 9.95. The highest BCUT2D eigenvalue weighted by molar-refractivity contribution is 9.10. The molecule has 1 saturated carbocycles. The molecule has 1 aliphatic carbocycles. The van der Waals surface area contributed by atoms with Gasteiger partial charge in [-0.25, -0.2) is 0 Å². The minimum absolute atomic E-state index is 0.104. The Morgan fingerprint density at radius 3 is 2.52 bits per heavy atom. The van der Waals surface area contributed by atoms with Gasteiger partial charge < -0.3 is 15.0 Å². The normalized spacial score (nSPS) is 15.2. The molecule has 6 heteroatoms. The standard InChI is InChI=1S/C25H31BrN2O3/c1-18-7-6-10-23(15-18)31-17-24(29)28(16-20-11-13-21(26)14-12-20)19(2)25(30)27-22-8-4-3-5-9-22/h6-7,10-15,19,22H,3-5,8-9,16-17H2,1-2H3,(H,27,30)/t19-/m1/s1. The van der Waals surface area contributed by atoms with E-state index in [2.05, 4.69) is 21.2 Å². The van der Waals surface area contributed by atoms with E-state index in [0.29, 0.717) is 12.3 Å². The lowest BCUT2D eigenvalue weighted by molar-refractivity contribution is -0.142. The molecule has 31 heavy (non-hydrogen) atoms. The first-order valence-corrected chi connectivity index (χ1v) is 11.8. The van der Waals surface area contributed by atoms with Crippen molar-refractivity contribution in [1.82, 2.24) is 10.2 Å². The molecule has 166 valence electrons. The Morgan fingerprint density at radius 2 is 1.84 bits per heavy atom. The number of aryl methyl sites for hydroxylation is 1. The number of rotatable bonds is 8. The topological polar surface area (TPSA) is 58.6 Å². The lowest BCUT2D eigenvalue weighted by Gasteiger charge is -2.31. The predicted octanol–water partition coefficient (Wildman–Crippen LogP) is 5.00. The van der Waals surface area contributed by atoms with Crippen LogP contribution in [0.3, 0.4) is 0 Å². The molecule has 2 aromatic carbocycles. The smallest absolute Gasteiger partial charge is 0.261 e. The molecular formula is C25H31BrN2O3. The molecule has 0 saturated heterocycles. The number of hydrogen-bond acceptors (Lipinski definition) is 3. The molecule has 0 aliphatic heterocycles. The summed E-state index contributed by atoms with van der Waals surface area (Å²) >= 11 is 3.44. The Hall–Kier alpha value is -2.34. The molecule has 0 aromatic heterocycles. The van der Waals surface area contributed by atoms with Gasteiger partial charge in [0.2, 0.25) is 5.91 Å². The number of carbonyl (C=O) groups excluding carboxylic acids is 2. The number of benzene rings is 2. The molecular weight excluding hydrogens is 456 g/mol. The van der Waals surface area contributed by atoms with Gasteiger partial charge in [-0.1, -0.05) is 59.5 Å². The van der Waals surface area contributed by atoms with E-state index in [1.807, 2.05) is 55.5 Å².